The van der Waals surface area contributed by atoms with Gasteiger partial charge in [0.2, 0.25) is 10.0 Å². The Hall–Kier alpha value is -1.71. The average molecular weight is 316 g/mol. The lowest BCUT2D eigenvalue weighted by Gasteiger charge is -2.35. The summed E-state index contributed by atoms with van der Waals surface area (Å²) >= 11 is 0. The van der Waals surface area contributed by atoms with Gasteiger partial charge in [0.15, 0.2) is 5.75 Å². The molecule has 8 nitrogen and oxygen atoms in total. The van der Waals surface area contributed by atoms with E-state index < -0.39 is 26.4 Å². The monoisotopic (exact) mass is 316 g/mol. The molecule has 0 saturated carbocycles. The number of morpholine rings is 1. The van der Waals surface area contributed by atoms with Gasteiger partial charge in [0.25, 0.3) is 0 Å². The topological polar surface area (TPSA) is 110 Å². The molecule has 1 saturated heterocycles. The first-order chi connectivity index (χ1) is 9.73. The summed E-state index contributed by atoms with van der Waals surface area (Å²) in [6.07, 6.45) is -0.247. The summed E-state index contributed by atoms with van der Waals surface area (Å²) in [7, 11) is -3.88. The van der Waals surface area contributed by atoms with Crippen LogP contribution in [0.4, 0.5) is 5.69 Å². The van der Waals surface area contributed by atoms with Crippen molar-refractivity contribution in [3.05, 3.63) is 28.3 Å². The highest BCUT2D eigenvalue weighted by Gasteiger charge is 2.35. The molecule has 0 amide bonds. The fraction of sp³-hybridized carbons (Fsp3) is 0.500. The molecule has 21 heavy (non-hydrogen) atoms. The van der Waals surface area contributed by atoms with Gasteiger partial charge in [-0.05, 0) is 26.0 Å². The molecule has 0 spiro atoms. The molecule has 1 heterocycles. The van der Waals surface area contributed by atoms with Gasteiger partial charge in [-0.15, -0.1) is 0 Å². The molecule has 1 fully saturated rings. The van der Waals surface area contributed by atoms with E-state index >= 15 is 0 Å². The molecule has 1 aromatic rings. The van der Waals surface area contributed by atoms with Gasteiger partial charge in [-0.2, -0.15) is 4.31 Å². The summed E-state index contributed by atoms with van der Waals surface area (Å²) in [5.74, 6) is -0.567. The molecule has 1 aliphatic rings. The van der Waals surface area contributed by atoms with Crippen LogP contribution in [0.5, 0.6) is 5.75 Å². The van der Waals surface area contributed by atoms with Gasteiger partial charge >= 0.3 is 5.69 Å². The quantitative estimate of drug-likeness (QED) is 0.660. The lowest BCUT2D eigenvalue weighted by molar-refractivity contribution is -0.386. The number of nitrogens with zero attached hydrogens (tertiary/aromatic N) is 2. The maximum Gasteiger partial charge on any atom is 0.312 e. The third kappa shape index (κ3) is 2.99. The van der Waals surface area contributed by atoms with Crippen molar-refractivity contribution in [2.24, 2.45) is 0 Å². The second kappa shape index (κ2) is 5.58. The fourth-order valence-corrected chi connectivity index (χ4v) is 3.87. The largest absolute Gasteiger partial charge is 0.502 e. The van der Waals surface area contributed by atoms with Crippen LogP contribution in [0.1, 0.15) is 13.8 Å². The molecule has 2 unspecified atom stereocenters. The molecule has 1 N–H and O–H groups in total. The molecule has 116 valence electrons. The summed E-state index contributed by atoms with van der Waals surface area (Å²) < 4.78 is 31.8. The lowest BCUT2D eigenvalue weighted by Crippen LogP contribution is -2.50. The summed E-state index contributed by atoms with van der Waals surface area (Å²) in [6.45, 7) is 3.91. The number of phenolic OH excluding ortho intramolecular Hbond substituents is 1. The van der Waals surface area contributed by atoms with E-state index in [0.29, 0.717) is 0 Å². The van der Waals surface area contributed by atoms with E-state index in [1.54, 1.807) is 13.8 Å². The Morgan fingerprint density at radius 1 is 1.43 bits per heavy atom. The van der Waals surface area contributed by atoms with Gasteiger partial charge in [-0.25, -0.2) is 8.42 Å². The summed E-state index contributed by atoms with van der Waals surface area (Å²) in [5, 5.41) is 20.2. The predicted octanol–water partition coefficient (Wildman–Crippen LogP) is 1.10. The van der Waals surface area contributed by atoms with E-state index in [9.17, 15) is 23.6 Å². The van der Waals surface area contributed by atoms with Crippen molar-refractivity contribution in [2.45, 2.75) is 30.9 Å². The molecule has 1 aliphatic heterocycles. The van der Waals surface area contributed by atoms with Crippen LogP contribution in [0.2, 0.25) is 0 Å². The first-order valence-corrected chi connectivity index (χ1v) is 7.78. The van der Waals surface area contributed by atoms with Crippen molar-refractivity contribution >= 4 is 15.7 Å². The summed E-state index contributed by atoms with van der Waals surface area (Å²) in [4.78, 5) is 9.78. The Morgan fingerprint density at radius 2 is 2.10 bits per heavy atom. The third-order valence-electron chi connectivity index (χ3n) is 3.30. The molecule has 1 aromatic carbocycles. The van der Waals surface area contributed by atoms with Crippen LogP contribution in [0.15, 0.2) is 23.1 Å². The summed E-state index contributed by atoms with van der Waals surface area (Å²) in [5.41, 5.74) is -0.634. The molecular formula is C12H16N2O6S. The van der Waals surface area contributed by atoms with Crippen molar-refractivity contribution < 1.29 is 23.2 Å². The van der Waals surface area contributed by atoms with E-state index in [4.69, 9.17) is 4.74 Å². The van der Waals surface area contributed by atoms with Crippen LogP contribution >= 0.6 is 0 Å². The Kier molecular flexibility index (Phi) is 4.17. The molecule has 2 atom stereocenters. The molecule has 2 rings (SSSR count). The predicted molar refractivity (Wildman–Crippen MR) is 73.5 cm³/mol. The van der Waals surface area contributed by atoms with Gasteiger partial charge < -0.3 is 9.84 Å². The molecular weight excluding hydrogens is 300 g/mol. The Labute approximate surface area is 122 Å². The Bertz CT molecular complexity index is 660. The van der Waals surface area contributed by atoms with Crippen LogP contribution in [0.25, 0.3) is 0 Å². The maximum atomic E-state index is 12.6. The van der Waals surface area contributed by atoms with E-state index in [1.807, 2.05) is 0 Å². The average Bonchev–Trinajstić information content (AvgIpc) is 2.41. The second-order valence-electron chi connectivity index (χ2n) is 4.98. The Balaban J connectivity index is 2.44. The highest BCUT2D eigenvalue weighted by atomic mass is 32.2. The SMILES string of the molecule is CC1CN(S(=O)(=O)c2ccc(O)c([N+](=O)[O-])c2)C(C)CO1. The van der Waals surface area contributed by atoms with Crippen molar-refractivity contribution in [3.63, 3.8) is 0 Å². The third-order valence-corrected chi connectivity index (χ3v) is 5.28. The number of nitro groups is 1. The zero-order valence-electron chi connectivity index (χ0n) is 11.6. The zero-order valence-corrected chi connectivity index (χ0v) is 12.4. The minimum absolute atomic E-state index is 0.179. The first kappa shape index (κ1) is 15.7. The summed E-state index contributed by atoms with van der Waals surface area (Å²) in [6, 6.07) is 2.68. The number of phenols is 1. The van der Waals surface area contributed by atoms with Gasteiger partial charge in [-0.3, -0.25) is 10.1 Å². The maximum absolute atomic E-state index is 12.6. The highest BCUT2D eigenvalue weighted by molar-refractivity contribution is 7.89. The van der Waals surface area contributed by atoms with Gasteiger partial charge in [0.1, 0.15) is 0 Å². The van der Waals surface area contributed by atoms with Crippen LogP contribution in [0.3, 0.4) is 0 Å². The minimum atomic E-state index is -3.88. The number of rotatable bonds is 3. The number of hydrogen-bond acceptors (Lipinski definition) is 6. The molecule has 0 aliphatic carbocycles. The Morgan fingerprint density at radius 3 is 2.71 bits per heavy atom. The normalized spacial score (nSPS) is 23.9. The number of sulfonamides is 1. The number of benzene rings is 1. The standard InChI is InChI=1S/C12H16N2O6S/c1-8-7-20-9(2)6-13(8)21(18,19)10-3-4-12(15)11(5-10)14(16)17/h3-5,8-9,15H,6-7H2,1-2H3. The van der Waals surface area contributed by atoms with Crippen LogP contribution < -0.4 is 0 Å². The van der Waals surface area contributed by atoms with E-state index in [1.165, 1.54) is 4.31 Å². The first-order valence-electron chi connectivity index (χ1n) is 6.34. The van der Waals surface area contributed by atoms with E-state index in [-0.39, 0.29) is 30.2 Å². The smallest absolute Gasteiger partial charge is 0.312 e. The molecule has 0 aromatic heterocycles. The van der Waals surface area contributed by atoms with E-state index in [0.717, 1.165) is 18.2 Å². The minimum Gasteiger partial charge on any atom is -0.502 e. The van der Waals surface area contributed by atoms with Crippen LogP contribution in [0, 0.1) is 10.1 Å². The van der Waals surface area contributed by atoms with Crippen molar-refractivity contribution in [2.75, 3.05) is 13.2 Å². The molecule has 9 heteroatoms. The number of aromatic hydroxyl groups is 1. The molecule has 0 radical (unpaired) electrons. The fourth-order valence-electron chi connectivity index (χ4n) is 2.15. The van der Waals surface area contributed by atoms with E-state index in [2.05, 4.69) is 0 Å². The number of hydrogen-bond donors (Lipinski definition) is 1. The van der Waals surface area contributed by atoms with Crippen LogP contribution in [-0.4, -0.2) is 48.1 Å². The number of ether oxygens (including phenoxy) is 1. The van der Waals surface area contributed by atoms with Crippen molar-refractivity contribution in [1.82, 2.24) is 4.31 Å². The van der Waals surface area contributed by atoms with Crippen LogP contribution in [-0.2, 0) is 14.8 Å². The van der Waals surface area contributed by atoms with Gasteiger partial charge in [-0.1, -0.05) is 0 Å². The lowest BCUT2D eigenvalue weighted by atomic mass is 10.2. The second-order valence-corrected chi connectivity index (χ2v) is 6.87. The highest BCUT2D eigenvalue weighted by Crippen LogP contribution is 2.30. The molecule has 0 bridgehead atoms. The zero-order chi connectivity index (χ0) is 15.8. The van der Waals surface area contributed by atoms with Crippen molar-refractivity contribution in [3.8, 4) is 5.75 Å². The van der Waals surface area contributed by atoms with Gasteiger partial charge in [0.05, 0.1) is 22.5 Å². The van der Waals surface area contributed by atoms with Crippen molar-refractivity contribution in [1.29, 1.82) is 0 Å². The number of nitro benzene ring substituents is 1. The van der Waals surface area contributed by atoms with Gasteiger partial charge in [0, 0.05) is 18.7 Å².